The van der Waals surface area contributed by atoms with E-state index in [-0.39, 0.29) is 0 Å². The van der Waals surface area contributed by atoms with Gasteiger partial charge in [0.05, 0.1) is 6.04 Å². The molecule has 0 unspecified atom stereocenters. The van der Waals surface area contributed by atoms with Crippen molar-refractivity contribution >= 4 is 31.8 Å². The molecule has 0 fully saturated rings. The van der Waals surface area contributed by atoms with Gasteiger partial charge in [-0.2, -0.15) is 4.98 Å². The van der Waals surface area contributed by atoms with Crippen LogP contribution in [-0.4, -0.2) is 35.9 Å². The van der Waals surface area contributed by atoms with Crippen LogP contribution in [0.4, 0.5) is 5.82 Å². The molecule has 1 rings (SSSR count). The van der Waals surface area contributed by atoms with Gasteiger partial charge in [0.2, 0.25) is 14.2 Å². The van der Waals surface area contributed by atoms with Crippen molar-refractivity contribution in [2.75, 3.05) is 4.98 Å². The van der Waals surface area contributed by atoms with E-state index in [0.29, 0.717) is 17.7 Å². The lowest BCUT2D eigenvalue weighted by Crippen LogP contribution is -2.33. The molecule has 0 saturated heterocycles. The Balaban J connectivity index is 3.06. The van der Waals surface area contributed by atoms with Crippen LogP contribution in [0.1, 0.15) is 5.82 Å². The molecule has 0 aromatic carbocycles. The van der Waals surface area contributed by atoms with Gasteiger partial charge in [-0.05, 0) is 19.6 Å². The third-order valence-corrected chi connectivity index (χ3v) is 4.18. The number of hydrogen-bond donors (Lipinski definition) is 1. The zero-order chi connectivity index (χ0) is 14.7. The van der Waals surface area contributed by atoms with Crippen molar-refractivity contribution in [3.05, 3.63) is 11.9 Å². The molecule has 0 saturated carbocycles. The molecule has 8 heteroatoms. The summed E-state index contributed by atoms with van der Waals surface area (Å²) in [5.74, 6) is 1.93. The highest BCUT2D eigenvalue weighted by Gasteiger charge is 2.20. The van der Waals surface area contributed by atoms with Crippen LogP contribution >= 0.6 is 0 Å². The molecule has 0 aliphatic carbocycles. The second-order valence-corrected chi connectivity index (χ2v) is 16.2. The zero-order valence-electron chi connectivity index (χ0n) is 12.5. The van der Waals surface area contributed by atoms with Crippen LogP contribution < -0.4 is 9.41 Å². The van der Waals surface area contributed by atoms with Crippen molar-refractivity contribution in [3.63, 3.8) is 0 Å². The fraction of sp³-hybridized carbons (Fsp3) is 0.636. The molecular weight excluding hydrogens is 290 g/mol. The molecule has 5 nitrogen and oxygen atoms in total. The van der Waals surface area contributed by atoms with Gasteiger partial charge in [0.25, 0.3) is 0 Å². The van der Waals surface area contributed by atoms with Crippen LogP contribution in [0.2, 0.25) is 39.3 Å². The lowest BCUT2D eigenvalue weighted by molar-refractivity contribution is 0.529. The molecular formula is C11H22N3O2Si3. The molecule has 0 atom stereocenters. The van der Waals surface area contributed by atoms with Crippen molar-refractivity contribution in [3.8, 4) is 5.88 Å². The summed E-state index contributed by atoms with van der Waals surface area (Å²) in [5, 5.41) is 0. The van der Waals surface area contributed by atoms with Gasteiger partial charge in [0, 0.05) is 6.07 Å². The van der Waals surface area contributed by atoms with Crippen LogP contribution in [-0.2, 0) is 10.5 Å². The Morgan fingerprint density at radius 2 is 1.84 bits per heavy atom. The van der Waals surface area contributed by atoms with E-state index in [9.17, 15) is 4.46 Å². The van der Waals surface area contributed by atoms with Crippen molar-refractivity contribution < 1.29 is 8.89 Å². The smallest absolute Gasteiger partial charge is 0.334 e. The van der Waals surface area contributed by atoms with Gasteiger partial charge in [-0.1, -0.05) is 19.6 Å². The standard InChI is InChI=1S/C11H22N3O2Si3/c1-18(2,3)14-9-7-11(16-19(4,5)6)13-10(12-9)8-17-15/h7H,8H2,1-6H3,(H,12,13,14). The Morgan fingerprint density at radius 1 is 1.21 bits per heavy atom. The van der Waals surface area contributed by atoms with Gasteiger partial charge < -0.3 is 13.9 Å². The lowest BCUT2D eigenvalue weighted by atomic mass is 10.5. The van der Waals surface area contributed by atoms with E-state index < -0.39 is 26.0 Å². The second kappa shape index (κ2) is 6.06. The predicted octanol–water partition coefficient (Wildman–Crippen LogP) is 2.49. The van der Waals surface area contributed by atoms with E-state index in [1.165, 1.54) is 0 Å². The first-order valence-corrected chi connectivity index (χ1v) is 14.3. The van der Waals surface area contributed by atoms with Gasteiger partial charge in [0.1, 0.15) is 19.9 Å². The van der Waals surface area contributed by atoms with Crippen molar-refractivity contribution in [2.24, 2.45) is 0 Å². The monoisotopic (exact) mass is 312 g/mol. The number of rotatable bonds is 6. The molecule has 0 bridgehead atoms. The highest BCUT2D eigenvalue weighted by atomic mass is 28.4. The Labute approximate surface area is 119 Å². The summed E-state index contributed by atoms with van der Waals surface area (Å²) < 4.78 is 16.7. The van der Waals surface area contributed by atoms with E-state index in [0.717, 1.165) is 5.82 Å². The molecule has 105 valence electrons. The summed E-state index contributed by atoms with van der Waals surface area (Å²) in [6.07, 6.45) is 0. The summed E-state index contributed by atoms with van der Waals surface area (Å²) in [4.78, 5) is 12.1. The Morgan fingerprint density at radius 3 is 2.32 bits per heavy atom. The van der Waals surface area contributed by atoms with E-state index in [2.05, 4.69) is 54.2 Å². The first kappa shape index (κ1) is 16.2. The molecule has 0 amide bonds. The fourth-order valence-corrected chi connectivity index (χ4v) is 3.35. The largest absolute Gasteiger partial charge is 0.531 e. The quantitative estimate of drug-likeness (QED) is 0.818. The molecule has 1 N–H and O–H groups in total. The number of hydrogen-bond acceptors (Lipinski definition) is 5. The van der Waals surface area contributed by atoms with E-state index in [1.807, 2.05) is 6.07 Å². The molecule has 19 heavy (non-hydrogen) atoms. The van der Waals surface area contributed by atoms with Crippen LogP contribution in [0.15, 0.2) is 6.07 Å². The summed E-state index contributed by atoms with van der Waals surface area (Å²) >= 11 is 0. The van der Waals surface area contributed by atoms with Crippen LogP contribution in [0.3, 0.4) is 0 Å². The Bertz CT molecular complexity index is 421. The van der Waals surface area contributed by atoms with Gasteiger partial charge >= 0.3 is 9.41 Å². The van der Waals surface area contributed by atoms with Gasteiger partial charge in [-0.25, -0.2) is 4.98 Å². The maximum absolute atomic E-state index is 10.8. The number of aromatic nitrogens is 2. The topological polar surface area (TPSA) is 64.1 Å². The normalized spacial score (nSPS) is 12.1. The van der Waals surface area contributed by atoms with Crippen molar-refractivity contribution in [2.45, 2.75) is 45.3 Å². The minimum Gasteiger partial charge on any atom is -0.531 e. The van der Waals surface area contributed by atoms with Gasteiger partial charge in [0.15, 0.2) is 0 Å². The third-order valence-electron chi connectivity index (χ3n) is 1.89. The summed E-state index contributed by atoms with van der Waals surface area (Å²) in [5.41, 5.74) is 0. The first-order valence-electron chi connectivity index (χ1n) is 6.29. The SMILES string of the molecule is C[Si](C)(C)Nc1cc(O[Si](C)(C)C)nc(C[Si]=O)n1. The average molecular weight is 313 g/mol. The zero-order valence-corrected chi connectivity index (χ0v) is 15.5. The molecule has 1 radical (unpaired) electrons. The minimum absolute atomic E-state index is 0.364. The number of anilines is 1. The molecule has 0 spiro atoms. The van der Waals surface area contributed by atoms with Crippen molar-refractivity contribution in [1.29, 1.82) is 0 Å². The second-order valence-electron chi connectivity index (χ2n) is 6.42. The predicted molar refractivity (Wildman–Crippen MR) is 83.1 cm³/mol. The molecule has 1 aromatic rings. The summed E-state index contributed by atoms with van der Waals surface area (Å²) in [6, 6.07) is 2.21. The molecule has 0 aliphatic heterocycles. The van der Waals surface area contributed by atoms with Crippen LogP contribution in [0, 0.1) is 0 Å². The van der Waals surface area contributed by atoms with Crippen LogP contribution in [0.25, 0.3) is 0 Å². The van der Waals surface area contributed by atoms with E-state index in [4.69, 9.17) is 4.43 Å². The molecule has 0 aliphatic rings. The minimum atomic E-state index is -1.71. The summed E-state index contributed by atoms with van der Waals surface area (Å²) in [7, 11) is -3.63. The highest BCUT2D eigenvalue weighted by Crippen LogP contribution is 2.19. The summed E-state index contributed by atoms with van der Waals surface area (Å²) in [6.45, 7) is 12.9. The third kappa shape index (κ3) is 6.74. The fourth-order valence-electron chi connectivity index (χ4n) is 1.43. The first-order chi connectivity index (χ1) is 8.59. The average Bonchev–Trinajstić information content (AvgIpc) is 2.11. The maximum Gasteiger partial charge on any atom is 0.334 e. The highest BCUT2D eigenvalue weighted by molar-refractivity contribution is 6.79. The Kier molecular flexibility index (Phi) is 5.16. The molecule has 1 aromatic heterocycles. The molecule has 1 heterocycles. The number of nitrogens with zero attached hydrogens (tertiary/aromatic N) is 2. The van der Waals surface area contributed by atoms with Crippen LogP contribution in [0.5, 0.6) is 5.88 Å². The maximum atomic E-state index is 10.8. The van der Waals surface area contributed by atoms with E-state index in [1.54, 1.807) is 0 Å². The van der Waals surface area contributed by atoms with Crippen molar-refractivity contribution in [1.82, 2.24) is 9.97 Å². The van der Waals surface area contributed by atoms with Gasteiger partial charge in [-0.3, -0.25) is 0 Å². The number of nitrogens with one attached hydrogen (secondary N) is 1. The van der Waals surface area contributed by atoms with E-state index >= 15 is 0 Å². The Hall–Kier alpha value is -0.869. The van der Waals surface area contributed by atoms with Gasteiger partial charge in [-0.15, -0.1) is 0 Å². The lowest BCUT2D eigenvalue weighted by Gasteiger charge is -2.22.